The highest BCUT2D eigenvalue weighted by atomic mass is 35.5. The second-order valence-corrected chi connectivity index (χ2v) is 36.5. The zero-order valence-corrected chi connectivity index (χ0v) is 71.4. The summed E-state index contributed by atoms with van der Waals surface area (Å²) in [6, 6.07) is 44.2. The standard InChI is InChI=1S/C22H22ClN3O3S.C21H19ClFN3O4S.C21H21ClN2O3S.C19H15ClFN3O4S/c1-14-5-6-15(12-24-14)21(27)20-19(11-17(23)13-25-20)26-30(28,29)18-9-7-16(8-10-18)22(2,3)4;1-12(2)30-16-4-6-17(7-5-16)31(28,29)26-19-8-14(22)10-25-20(19)21(27)18-9-15(23)11-24-13(18)3;1-21(2,3)15-9-11-18(12-10-15)28(25,26)24-19-13-16(22)14-23-20(19)27-17-7-5-4-6-8-17;1-11-14(4-3-7-22-11)19(25)18-16(8-12(20)10-23-18)24-29(26,27)13-5-6-17(28-2)15(21)9-13/h5-13,26H,1-4H3;4-12,26H,1-3H3;4-14,24H,1-3H3;3-10,24H,1-2H3. The molecule has 7 heterocycles. The SMILES string of the molecule is CC(C)(C)c1ccc(S(=O)(=O)Nc2cc(Cl)cnc2Oc2ccccc2)cc1.COc1ccc(S(=O)(=O)Nc2cc(Cl)cnc2C(=O)c2cccnc2C)cc1F.Cc1ccc(C(=O)c2ncc(Cl)cc2NS(=O)(=O)c2ccc(C(C)(C)C)cc2)cn1.Cc1ncc(F)cc1C(=O)c1ncc(Cl)cc1NS(=O)(=O)c1ccc(OC(C)C)cc1. The number of sulfonamides is 4. The fraction of sp³-hybridized carbons (Fsp3) is 0.181. The van der Waals surface area contributed by atoms with E-state index in [2.05, 4.69) is 74.5 Å². The van der Waals surface area contributed by atoms with Gasteiger partial charge < -0.3 is 14.2 Å². The van der Waals surface area contributed by atoms with Crippen LogP contribution in [-0.2, 0) is 50.9 Å². The molecule has 0 saturated carbocycles. The van der Waals surface area contributed by atoms with Gasteiger partial charge in [0.15, 0.2) is 11.6 Å². The Balaban J connectivity index is 0.000000179. The van der Waals surface area contributed by atoms with Gasteiger partial charge in [0, 0.05) is 71.0 Å². The number of nitrogens with zero attached hydrogens (tertiary/aromatic N) is 7. The maximum absolute atomic E-state index is 13.9. The number of anilines is 4. The summed E-state index contributed by atoms with van der Waals surface area (Å²) >= 11 is 23.9. The molecule has 7 aromatic heterocycles. The number of pyridine rings is 7. The number of rotatable bonds is 23. The fourth-order valence-corrected chi connectivity index (χ4v) is 15.5. The van der Waals surface area contributed by atoms with Crippen LogP contribution in [0, 0.1) is 32.4 Å². The molecule has 25 nitrogen and oxygen atoms in total. The largest absolute Gasteiger partial charge is 0.494 e. The number of ether oxygens (including phenoxy) is 3. The Hall–Kier alpha value is -11.4. The Morgan fingerprint density at radius 1 is 0.415 bits per heavy atom. The van der Waals surface area contributed by atoms with E-state index in [-0.39, 0.29) is 120 Å². The molecule has 0 unspecified atom stereocenters. The molecule has 0 fully saturated rings. The first kappa shape index (κ1) is 90.5. The Kier molecular flexibility index (Phi) is 29.4. The summed E-state index contributed by atoms with van der Waals surface area (Å²) in [5.41, 5.74) is 3.35. The summed E-state index contributed by atoms with van der Waals surface area (Å²) in [7, 11) is -14.8. The van der Waals surface area contributed by atoms with Gasteiger partial charge in [0.05, 0.1) is 76.1 Å². The van der Waals surface area contributed by atoms with E-state index in [0.717, 1.165) is 35.2 Å². The zero-order valence-electron chi connectivity index (χ0n) is 65.1. The first-order chi connectivity index (χ1) is 55.4. The van der Waals surface area contributed by atoms with E-state index in [0.29, 0.717) is 27.8 Å². The molecule has 0 radical (unpaired) electrons. The van der Waals surface area contributed by atoms with E-state index in [4.69, 9.17) is 60.6 Å². The lowest BCUT2D eigenvalue weighted by molar-refractivity contribution is 0.102. The number of aromatic nitrogens is 7. The summed E-state index contributed by atoms with van der Waals surface area (Å²) in [4.78, 5) is 66.7. The highest BCUT2D eigenvalue weighted by molar-refractivity contribution is 7.93. The molecule has 118 heavy (non-hydrogen) atoms. The number of para-hydroxylation sites is 1. The lowest BCUT2D eigenvalue weighted by Gasteiger charge is -2.19. The third kappa shape index (κ3) is 24.1. The summed E-state index contributed by atoms with van der Waals surface area (Å²) in [6.45, 7) is 21.0. The van der Waals surface area contributed by atoms with Gasteiger partial charge in [-0.15, -0.1) is 0 Å². The number of ketones is 3. The molecule has 4 N–H and O–H groups in total. The zero-order chi connectivity index (χ0) is 86.4. The number of aryl methyl sites for hydroxylation is 3. The second-order valence-electron chi connectivity index (χ2n) is 28.1. The van der Waals surface area contributed by atoms with Crippen molar-refractivity contribution in [3.05, 3.63) is 313 Å². The van der Waals surface area contributed by atoms with Gasteiger partial charge in [-0.1, -0.05) is 130 Å². The van der Waals surface area contributed by atoms with E-state index in [9.17, 15) is 56.8 Å². The van der Waals surface area contributed by atoms with Gasteiger partial charge in [-0.05, 0) is 190 Å². The normalized spacial score (nSPS) is 11.6. The number of hydrogen-bond donors (Lipinski definition) is 4. The van der Waals surface area contributed by atoms with Crippen LogP contribution in [-0.4, -0.2) is 99.1 Å². The van der Waals surface area contributed by atoms with Crippen molar-refractivity contribution in [1.82, 2.24) is 34.9 Å². The Labute approximate surface area is 702 Å². The minimum Gasteiger partial charge on any atom is -0.494 e. The predicted molar refractivity (Wildman–Crippen MR) is 449 cm³/mol. The number of carbonyl (C=O) groups excluding carboxylic acids is 3. The van der Waals surface area contributed by atoms with Crippen molar-refractivity contribution in [2.75, 3.05) is 26.0 Å². The van der Waals surface area contributed by atoms with Gasteiger partial charge in [-0.3, -0.25) is 48.2 Å². The van der Waals surface area contributed by atoms with Gasteiger partial charge >= 0.3 is 0 Å². The van der Waals surface area contributed by atoms with Crippen LogP contribution >= 0.6 is 46.4 Å². The number of hydrogen-bond acceptors (Lipinski definition) is 21. The summed E-state index contributed by atoms with van der Waals surface area (Å²) < 4.78 is 156. The minimum absolute atomic E-state index is 0.00738. The quantitative estimate of drug-likeness (QED) is 0.0432. The van der Waals surface area contributed by atoms with Gasteiger partial charge in [-0.2, -0.15) is 0 Å². The molecule has 0 aliphatic rings. The van der Waals surface area contributed by atoms with Crippen LogP contribution in [0.1, 0.15) is 132 Å². The first-order valence-electron chi connectivity index (χ1n) is 35.3. The van der Waals surface area contributed by atoms with Crippen LogP contribution in [0.2, 0.25) is 20.1 Å². The van der Waals surface area contributed by atoms with Gasteiger partial charge in [-0.25, -0.2) is 62.4 Å². The molecule has 12 rings (SSSR count). The van der Waals surface area contributed by atoms with Crippen molar-refractivity contribution < 1.29 is 71.0 Å². The first-order valence-corrected chi connectivity index (χ1v) is 42.7. The predicted octanol–water partition coefficient (Wildman–Crippen LogP) is 18.4. The molecule has 35 heteroatoms. The van der Waals surface area contributed by atoms with E-state index in [1.54, 1.807) is 74.5 Å². The van der Waals surface area contributed by atoms with Crippen molar-refractivity contribution in [3.8, 4) is 23.1 Å². The topological polar surface area (TPSA) is 354 Å². The molecule has 12 aromatic rings. The van der Waals surface area contributed by atoms with Gasteiger partial charge in [0.25, 0.3) is 40.1 Å². The number of carbonyl (C=O) groups is 3. The molecule has 0 atom stereocenters. The lowest BCUT2D eigenvalue weighted by atomic mass is 9.87. The molecule has 0 saturated heterocycles. The maximum Gasteiger partial charge on any atom is 0.262 e. The van der Waals surface area contributed by atoms with Crippen molar-refractivity contribution in [1.29, 1.82) is 0 Å². The molecule has 5 aromatic carbocycles. The molecule has 0 aliphatic carbocycles. The van der Waals surface area contributed by atoms with Crippen molar-refractivity contribution in [2.24, 2.45) is 0 Å². The van der Waals surface area contributed by atoms with E-state index in [1.165, 1.54) is 124 Å². The van der Waals surface area contributed by atoms with E-state index < -0.39 is 69.1 Å². The average Bonchev–Trinajstić information content (AvgIpc) is 0.809. The fourth-order valence-electron chi connectivity index (χ4n) is 10.6. The number of methoxy groups -OCH3 is 1. The van der Waals surface area contributed by atoms with Gasteiger partial charge in [0.1, 0.15) is 40.1 Å². The van der Waals surface area contributed by atoms with Crippen LogP contribution in [0.4, 0.5) is 31.5 Å². The molecular formula is C83H77Cl4F2N11O14S4. The van der Waals surface area contributed by atoms with E-state index >= 15 is 0 Å². The smallest absolute Gasteiger partial charge is 0.262 e. The molecule has 0 bridgehead atoms. The summed E-state index contributed by atoms with van der Waals surface area (Å²) in [6.07, 6.45) is 9.01. The molecule has 614 valence electrons. The van der Waals surface area contributed by atoms with Crippen LogP contribution in [0.15, 0.2) is 239 Å². The molecule has 0 spiro atoms. The number of halogens is 6. The second kappa shape index (κ2) is 38.3. The number of benzene rings is 5. The lowest BCUT2D eigenvalue weighted by Crippen LogP contribution is -2.18. The Morgan fingerprint density at radius 3 is 1.28 bits per heavy atom. The van der Waals surface area contributed by atoms with Crippen LogP contribution in [0.5, 0.6) is 23.1 Å². The minimum atomic E-state index is -4.24. The number of nitrogens with one attached hydrogen (secondary N) is 4. The maximum atomic E-state index is 13.9. The molecular weight excluding hydrogens is 1680 g/mol. The van der Waals surface area contributed by atoms with Crippen molar-refractivity contribution in [2.45, 2.75) is 113 Å². The van der Waals surface area contributed by atoms with Gasteiger partial charge in [0.2, 0.25) is 23.2 Å². The van der Waals surface area contributed by atoms with E-state index in [1.807, 2.05) is 65.0 Å². The van der Waals surface area contributed by atoms with Crippen molar-refractivity contribution in [3.63, 3.8) is 0 Å². The third-order valence-corrected chi connectivity index (χ3v) is 23.0. The third-order valence-electron chi connectivity index (χ3n) is 16.7. The molecule has 0 amide bonds. The highest BCUT2D eigenvalue weighted by Crippen LogP contribution is 2.35. The van der Waals surface area contributed by atoms with Crippen LogP contribution in [0.25, 0.3) is 0 Å². The molecule has 0 aliphatic heterocycles. The average molecular weight is 1760 g/mol. The monoisotopic (exact) mass is 1760 g/mol. The summed E-state index contributed by atoms with van der Waals surface area (Å²) in [5, 5.41) is 0.725. The summed E-state index contributed by atoms with van der Waals surface area (Å²) in [5.74, 6) is -2.17. The Bertz CT molecular complexity index is 6180. The van der Waals surface area contributed by atoms with Crippen LogP contribution < -0.4 is 33.1 Å². The Morgan fingerprint density at radius 2 is 0.839 bits per heavy atom. The highest BCUT2D eigenvalue weighted by Gasteiger charge is 2.29. The van der Waals surface area contributed by atoms with Crippen LogP contribution in [0.3, 0.4) is 0 Å². The van der Waals surface area contributed by atoms with Crippen molar-refractivity contribution >= 4 is 127 Å².